The minimum atomic E-state index is 0.597. The van der Waals surface area contributed by atoms with Crippen LogP contribution in [0.25, 0.3) is 5.65 Å². The van der Waals surface area contributed by atoms with E-state index in [9.17, 15) is 0 Å². The lowest BCUT2D eigenvalue weighted by Crippen LogP contribution is -2.12. The molecule has 0 atom stereocenters. The zero-order chi connectivity index (χ0) is 13.9. The van der Waals surface area contributed by atoms with E-state index in [-0.39, 0.29) is 0 Å². The molecule has 0 spiro atoms. The second-order valence-electron chi connectivity index (χ2n) is 4.35. The Morgan fingerprint density at radius 3 is 3.15 bits per heavy atom. The zero-order valence-corrected chi connectivity index (χ0v) is 11.9. The fraction of sp³-hybridized carbons (Fsp3) is 0.231. The number of fused-ring (bicyclic) bond motifs is 1. The summed E-state index contributed by atoms with van der Waals surface area (Å²) in [5.74, 6) is 6.76. The van der Waals surface area contributed by atoms with Gasteiger partial charge in [0.15, 0.2) is 17.3 Å². The van der Waals surface area contributed by atoms with E-state index in [4.69, 9.17) is 5.84 Å². The van der Waals surface area contributed by atoms with E-state index in [1.807, 2.05) is 10.6 Å². The lowest BCUT2D eigenvalue weighted by Gasteiger charge is -2.09. The highest BCUT2D eigenvalue weighted by Crippen LogP contribution is 2.21. The Bertz CT molecular complexity index is 717. The highest BCUT2D eigenvalue weighted by Gasteiger charge is 2.08. The van der Waals surface area contributed by atoms with E-state index in [0.29, 0.717) is 5.82 Å². The summed E-state index contributed by atoms with van der Waals surface area (Å²) >= 11 is 1.75. The fourth-order valence-corrected chi connectivity index (χ4v) is 3.04. The fourth-order valence-electron chi connectivity index (χ4n) is 2.12. The predicted molar refractivity (Wildman–Crippen MR) is 81.8 cm³/mol. The van der Waals surface area contributed by atoms with Crippen LogP contribution in [-0.4, -0.2) is 14.4 Å². The molecule has 0 aliphatic heterocycles. The second kappa shape index (κ2) is 5.48. The van der Waals surface area contributed by atoms with E-state index in [0.717, 1.165) is 24.4 Å². The van der Waals surface area contributed by atoms with Gasteiger partial charge < -0.3 is 15.1 Å². The van der Waals surface area contributed by atoms with Gasteiger partial charge in [0.05, 0.1) is 12.7 Å². The third-order valence-corrected chi connectivity index (χ3v) is 4.12. The van der Waals surface area contributed by atoms with Crippen molar-refractivity contribution in [3.8, 4) is 0 Å². The lowest BCUT2D eigenvalue weighted by atomic mass is 10.2. The maximum atomic E-state index is 5.44. The maximum absolute atomic E-state index is 5.44. The van der Waals surface area contributed by atoms with Crippen molar-refractivity contribution < 1.29 is 0 Å². The van der Waals surface area contributed by atoms with Gasteiger partial charge in [-0.3, -0.25) is 0 Å². The molecule has 7 heteroatoms. The number of thiophene rings is 1. The van der Waals surface area contributed by atoms with Gasteiger partial charge in [0, 0.05) is 17.3 Å². The number of hydrazine groups is 1. The summed E-state index contributed by atoms with van der Waals surface area (Å²) in [5, 5.41) is 5.46. The molecule has 0 amide bonds. The van der Waals surface area contributed by atoms with Gasteiger partial charge >= 0.3 is 0 Å². The van der Waals surface area contributed by atoms with Crippen LogP contribution in [0.1, 0.15) is 17.4 Å². The number of aromatic nitrogens is 3. The van der Waals surface area contributed by atoms with Gasteiger partial charge in [-0.25, -0.2) is 15.8 Å². The number of hydrogen-bond acceptors (Lipinski definition) is 6. The molecular formula is C13H16N6S. The molecule has 0 aliphatic rings. The molecule has 0 saturated carbocycles. The first-order valence-electron chi connectivity index (χ1n) is 6.41. The zero-order valence-electron chi connectivity index (χ0n) is 11.1. The van der Waals surface area contributed by atoms with Crippen LogP contribution < -0.4 is 16.6 Å². The van der Waals surface area contributed by atoms with Crippen molar-refractivity contribution >= 4 is 28.6 Å². The highest BCUT2D eigenvalue weighted by molar-refractivity contribution is 7.10. The predicted octanol–water partition coefficient (Wildman–Crippen LogP) is 2.25. The van der Waals surface area contributed by atoms with Gasteiger partial charge in [0.1, 0.15) is 0 Å². The summed E-state index contributed by atoms with van der Waals surface area (Å²) in [4.78, 5) is 10.1. The van der Waals surface area contributed by atoms with Crippen molar-refractivity contribution in [1.29, 1.82) is 0 Å². The third kappa shape index (κ3) is 2.33. The molecule has 0 bridgehead atoms. The van der Waals surface area contributed by atoms with E-state index in [2.05, 4.69) is 39.1 Å². The Labute approximate surface area is 120 Å². The smallest absolute Gasteiger partial charge is 0.180 e. The molecule has 4 N–H and O–H groups in total. The molecule has 0 unspecified atom stereocenters. The van der Waals surface area contributed by atoms with Crippen molar-refractivity contribution in [2.45, 2.75) is 19.9 Å². The number of anilines is 2. The van der Waals surface area contributed by atoms with Crippen molar-refractivity contribution in [2.75, 3.05) is 10.7 Å². The standard InChI is InChI=1S/C13H16N6S/c1-2-9-3-6-20-10(9)7-16-12-13-15-4-5-19(13)8-11(17-12)18-14/h3-6,8,18H,2,7,14H2,1H3,(H,16,17). The van der Waals surface area contributed by atoms with E-state index in [1.54, 1.807) is 23.7 Å². The summed E-state index contributed by atoms with van der Waals surface area (Å²) < 4.78 is 1.89. The molecule has 3 aromatic heterocycles. The van der Waals surface area contributed by atoms with Gasteiger partial charge in [-0.05, 0) is 23.4 Å². The van der Waals surface area contributed by atoms with E-state index >= 15 is 0 Å². The molecule has 104 valence electrons. The van der Waals surface area contributed by atoms with Crippen molar-refractivity contribution in [1.82, 2.24) is 14.4 Å². The van der Waals surface area contributed by atoms with Crippen molar-refractivity contribution in [3.63, 3.8) is 0 Å². The second-order valence-corrected chi connectivity index (χ2v) is 5.35. The number of nitrogens with one attached hydrogen (secondary N) is 2. The molecule has 3 rings (SSSR count). The minimum absolute atomic E-state index is 0.597. The summed E-state index contributed by atoms with van der Waals surface area (Å²) in [7, 11) is 0. The monoisotopic (exact) mass is 288 g/mol. The number of aryl methyl sites for hydroxylation is 1. The molecule has 0 fully saturated rings. The summed E-state index contributed by atoms with van der Waals surface area (Å²) in [6, 6.07) is 2.16. The first-order chi connectivity index (χ1) is 9.81. The molecule has 6 nitrogen and oxygen atoms in total. The van der Waals surface area contributed by atoms with E-state index < -0.39 is 0 Å². The Morgan fingerprint density at radius 2 is 2.35 bits per heavy atom. The van der Waals surface area contributed by atoms with Gasteiger partial charge in [0.25, 0.3) is 0 Å². The number of nitrogens with zero attached hydrogens (tertiary/aromatic N) is 3. The average Bonchev–Trinajstić information content (AvgIpc) is 3.12. The van der Waals surface area contributed by atoms with Crippen molar-refractivity contribution in [2.24, 2.45) is 5.84 Å². The molecule has 0 aromatic carbocycles. The van der Waals surface area contributed by atoms with Crippen LogP contribution in [0.3, 0.4) is 0 Å². The van der Waals surface area contributed by atoms with Crippen LogP contribution in [-0.2, 0) is 13.0 Å². The van der Waals surface area contributed by atoms with Crippen LogP contribution in [0.2, 0.25) is 0 Å². The van der Waals surface area contributed by atoms with Gasteiger partial charge in [-0.2, -0.15) is 0 Å². The van der Waals surface area contributed by atoms with Gasteiger partial charge in [0.2, 0.25) is 0 Å². The number of nitrogens with two attached hydrogens (primary N) is 1. The van der Waals surface area contributed by atoms with Crippen LogP contribution in [0.5, 0.6) is 0 Å². The molecule has 0 aliphatic carbocycles. The Balaban J connectivity index is 1.88. The normalized spacial score (nSPS) is 10.9. The summed E-state index contributed by atoms with van der Waals surface area (Å²) in [6.45, 7) is 2.90. The average molecular weight is 288 g/mol. The van der Waals surface area contributed by atoms with Crippen LogP contribution >= 0.6 is 11.3 Å². The van der Waals surface area contributed by atoms with Gasteiger partial charge in [-0.1, -0.05) is 6.92 Å². The Morgan fingerprint density at radius 1 is 1.45 bits per heavy atom. The highest BCUT2D eigenvalue weighted by atomic mass is 32.1. The van der Waals surface area contributed by atoms with Crippen LogP contribution in [0.15, 0.2) is 30.0 Å². The van der Waals surface area contributed by atoms with Crippen molar-refractivity contribution in [3.05, 3.63) is 40.5 Å². The van der Waals surface area contributed by atoms with E-state index in [1.165, 1.54) is 10.4 Å². The summed E-state index contributed by atoms with van der Waals surface area (Å²) in [5.41, 5.74) is 4.73. The first kappa shape index (κ1) is 12.9. The Hall–Kier alpha value is -2.12. The summed E-state index contributed by atoms with van der Waals surface area (Å²) in [6.07, 6.45) is 6.45. The molecule has 3 aromatic rings. The molecule has 0 saturated heterocycles. The maximum Gasteiger partial charge on any atom is 0.180 e. The number of rotatable bonds is 5. The molecule has 0 radical (unpaired) electrons. The lowest BCUT2D eigenvalue weighted by molar-refractivity contribution is 1.05. The SMILES string of the molecule is CCc1ccsc1CNc1nc(NN)cn2ccnc12. The number of hydrogen-bond donors (Lipinski definition) is 3. The topological polar surface area (TPSA) is 80.3 Å². The van der Waals surface area contributed by atoms with Crippen LogP contribution in [0.4, 0.5) is 11.6 Å². The quantitative estimate of drug-likeness (QED) is 0.495. The number of nitrogen functional groups attached to an aromatic ring is 1. The molecular weight excluding hydrogens is 272 g/mol. The molecule has 20 heavy (non-hydrogen) atoms. The largest absolute Gasteiger partial charge is 0.362 e. The van der Waals surface area contributed by atoms with Gasteiger partial charge in [-0.15, -0.1) is 11.3 Å². The third-order valence-electron chi connectivity index (χ3n) is 3.16. The Kier molecular flexibility index (Phi) is 3.53. The minimum Gasteiger partial charge on any atom is -0.362 e. The molecule has 3 heterocycles. The first-order valence-corrected chi connectivity index (χ1v) is 7.29. The van der Waals surface area contributed by atoms with Crippen LogP contribution in [0, 0.1) is 0 Å². The number of imidazole rings is 1.